The van der Waals surface area contributed by atoms with Crippen LogP contribution < -0.4 is 15.8 Å². The van der Waals surface area contributed by atoms with Crippen LogP contribution in [0.4, 0.5) is 0 Å². The maximum absolute atomic E-state index is 12.4. The fourth-order valence-electron chi connectivity index (χ4n) is 3.79. The molecule has 150 valence electrons. The van der Waals surface area contributed by atoms with E-state index in [2.05, 4.69) is 41.4 Å². The molecule has 2 atom stereocenters. The van der Waals surface area contributed by atoms with E-state index in [-0.39, 0.29) is 5.91 Å². The van der Waals surface area contributed by atoms with Gasteiger partial charge in [0, 0.05) is 25.6 Å². The molecular weight excluding hydrogens is 350 g/mol. The van der Waals surface area contributed by atoms with Crippen LogP contribution in [0.25, 0.3) is 0 Å². The molecule has 0 aliphatic carbocycles. The number of ether oxygens (including phenoxy) is 1. The van der Waals surface area contributed by atoms with Crippen molar-refractivity contribution >= 4 is 5.91 Å². The molecule has 0 saturated carbocycles. The minimum atomic E-state index is 0.0517. The molecule has 28 heavy (non-hydrogen) atoms. The Kier molecular flexibility index (Phi) is 7.46. The number of hydrogen-bond acceptors (Lipinski definition) is 4. The molecule has 2 aromatic carbocycles. The molecule has 1 saturated heterocycles. The average molecular weight is 382 g/mol. The van der Waals surface area contributed by atoms with Gasteiger partial charge in [-0.15, -0.1) is 0 Å². The van der Waals surface area contributed by atoms with Crippen LogP contribution >= 0.6 is 0 Å². The van der Waals surface area contributed by atoms with E-state index in [1.54, 1.807) is 0 Å². The molecule has 1 aliphatic heterocycles. The number of nitrogens with two attached hydrogens (primary N) is 1. The third-order valence-corrected chi connectivity index (χ3v) is 5.30. The lowest BCUT2D eigenvalue weighted by Crippen LogP contribution is -2.36. The molecule has 0 unspecified atom stereocenters. The predicted octanol–water partition coefficient (Wildman–Crippen LogP) is 2.77. The highest BCUT2D eigenvalue weighted by molar-refractivity contribution is 5.78. The Morgan fingerprint density at radius 2 is 1.89 bits per heavy atom. The van der Waals surface area contributed by atoms with Gasteiger partial charge in [-0.2, -0.15) is 0 Å². The summed E-state index contributed by atoms with van der Waals surface area (Å²) in [6.45, 7) is 6.14. The van der Waals surface area contributed by atoms with Crippen molar-refractivity contribution < 1.29 is 9.53 Å². The van der Waals surface area contributed by atoms with Crippen molar-refractivity contribution in [1.29, 1.82) is 0 Å². The van der Waals surface area contributed by atoms with Gasteiger partial charge < -0.3 is 15.8 Å². The van der Waals surface area contributed by atoms with E-state index in [1.165, 1.54) is 5.56 Å². The second-order valence-corrected chi connectivity index (χ2v) is 7.48. The summed E-state index contributed by atoms with van der Waals surface area (Å²) in [4.78, 5) is 14.6. The molecule has 0 aromatic heterocycles. The summed E-state index contributed by atoms with van der Waals surface area (Å²) < 4.78 is 5.59. The summed E-state index contributed by atoms with van der Waals surface area (Å²) in [5, 5.41) is 3.02. The van der Waals surface area contributed by atoms with Gasteiger partial charge in [-0.25, -0.2) is 0 Å². The SMILES string of the molecule is CCCOc1ccc(CNC(=O)CN2C[C@@H](CN)[C@H](c3ccccc3)C2)cc1. The number of likely N-dealkylation sites (tertiary alicyclic amines) is 1. The lowest BCUT2D eigenvalue weighted by molar-refractivity contribution is -0.122. The zero-order valence-corrected chi connectivity index (χ0v) is 16.6. The number of rotatable bonds is 9. The fraction of sp³-hybridized carbons (Fsp3) is 0.435. The van der Waals surface area contributed by atoms with E-state index < -0.39 is 0 Å². The highest BCUT2D eigenvalue weighted by Gasteiger charge is 2.33. The molecule has 5 nitrogen and oxygen atoms in total. The molecule has 2 aromatic rings. The Hall–Kier alpha value is -2.37. The van der Waals surface area contributed by atoms with Gasteiger partial charge in [0.1, 0.15) is 5.75 Å². The smallest absolute Gasteiger partial charge is 0.234 e. The van der Waals surface area contributed by atoms with Crippen molar-refractivity contribution in [2.45, 2.75) is 25.8 Å². The maximum atomic E-state index is 12.4. The Bertz CT molecular complexity index is 733. The summed E-state index contributed by atoms with van der Waals surface area (Å²) in [5.74, 6) is 1.71. The fourth-order valence-corrected chi connectivity index (χ4v) is 3.79. The minimum Gasteiger partial charge on any atom is -0.494 e. The van der Waals surface area contributed by atoms with Crippen molar-refractivity contribution in [3.63, 3.8) is 0 Å². The molecule has 1 amide bonds. The van der Waals surface area contributed by atoms with Gasteiger partial charge in [-0.05, 0) is 42.1 Å². The van der Waals surface area contributed by atoms with E-state index in [0.29, 0.717) is 31.5 Å². The lowest BCUT2D eigenvalue weighted by Gasteiger charge is -2.16. The Balaban J connectivity index is 1.47. The zero-order valence-electron chi connectivity index (χ0n) is 16.6. The number of nitrogens with one attached hydrogen (secondary N) is 1. The Morgan fingerprint density at radius 3 is 2.57 bits per heavy atom. The standard InChI is InChI=1S/C23H31N3O2/c1-2-12-28-21-10-8-18(9-11-21)14-25-23(27)17-26-15-20(13-24)22(16-26)19-6-4-3-5-7-19/h3-11,20,22H,2,12-17,24H2,1H3,(H,25,27)/t20-,22+/m1/s1. The highest BCUT2D eigenvalue weighted by Crippen LogP contribution is 2.31. The first-order valence-electron chi connectivity index (χ1n) is 10.2. The summed E-state index contributed by atoms with van der Waals surface area (Å²) in [6.07, 6.45) is 0.991. The first-order chi connectivity index (χ1) is 13.7. The van der Waals surface area contributed by atoms with Crippen LogP contribution in [0.2, 0.25) is 0 Å². The molecule has 3 N–H and O–H groups in total. The van der Waals surface area contributed by atoms with Crippen LogP contribution in [-0.4, -0.2) is 43.6 Å². The molecule has 3 rings (SSSR count). The first kappa shape index (κ1) is 20.4. The zero-order chi connectivity index (χ0) is 19.8. The van der Waals surface area contributed by atoms with Crippen LogP contribution in [0.1, 0.15) is 30.4 Å². The average Bonchev–Trinajstić information content (AvgIpc) is 3.15. The summed E-state index contributed by atoms with van der Waals surface area (Å²) in [5.41, 5.74) is 8.38. The monoisotopic (exact) mass is 381 g/mol. The number of benzene rings is 2. The predicted molar refractivity (Wildman–Crippen MR) is 112 cm³/mol. The third kappa shape index (κ3) is 5.57. The molecule has 1 aliphatic rings. The van der Waals surface area contributed by atoms with Gasteiger partial charge in [0.2, 0.25) is 5.91 Å². The van der Waals surface area contributed by atoms with E-state index in [9.17, 15) is 4.79 Å². The second-order valence-electron chi connectivity index (χ2n) is 7.48. The van der Waals surface area contributed by atoms with Crippen molar-refractivity contribution in [3.05, 3.63) is 65.7 Å². The minimum absolute atomic E-state index is 0.0517. The van der Waals surface area contributed by atoms with Gasteiger partial charge in [-0.3, -0.25) is 9.69 Å². The van der Waals surface area contributed by atoms with Crippen LogP contribution in [0.15, 0.2) is 54.6 Å². The van der Waals surface area contributed by atoms with Crippen molar-refractivity contribution in [1.82, 2.24) is 10.2 Å². The molecule has 0 radical (unpaired) electrons. The number of carbonyl (C=O) groups is 1. The van der Waals surface area contributed by atoms with Gasteiger partial charge in [0.05, 0.1) is 13.2 Å². The molecular formula is C23H31N3O2. The number of carbonyl (C=O) groups excluding carboxylic acids is 1. The molecule has 5 heteroatoms. The molecule has 0 bridgehead atoms. The van der Waals surface area contributed by atoms with Crippen LogP contribution in [0, 0.1) is 5.92 Å². The van der Waals surface area contributed by atoms with Crippen molar-refractivity contribution in [2.75, 3.05) is 32.8 Å². The first-order valence-corrected chi connectivity index (χ1v) is 10.2. The lowest BCUT2D eigenvalue weighted by atomic mass is 9.89. The molecule has 0 spiro atoms. The van der Waals surface area contributed by atoms with Crippen molar-refractivity contribution in [3.8, 4) is 5.75 Å². The van der Waals surface area contributed by atoms with E-state index in [1.807, 2.05) is 30.3 Å². The third-order valence-electron chi connectivity index (χ3n) is 5.30. The quantitative estimate of drug-likeness (QED) is 0.701. The van der Waals surface area contributed by atoms with Gasteiger partial charge in [-0.1, -0.05) is 49.4 Å². The summed E-state index contributed by atoms with van der Waals surface area (Å²) >= 11 is 0. The largest absolute Gasteiger partial charge is 0.494 e. The Labute approximate surface area is 167 Å². The van der Waals surface area contributed by atoms with Crippen molar-refractivity contribution in [2.24, 2.45) is 11.7 Å². The van der Waals surface area contributed by atoms with Gasteiger partial charge >= 0.3 is 0 Å². The number of hydrogen-bond donors (Lipinski definition) is 2. The molecule has 1 fully saturated rings. The normalized spacial score (nSPS) is 19.5. The highest BCUT2D eigenvalue weighted by atomic mass is 16.5. The van der Waals surface area contributed by atoms with Crippen LogP contribution in [0.3, 0.4) is 0 Å². The Morgan fingerprint density at radius 1 is 1.14 bits per heavy atom. The topological polar surface area (TPSA) is 67.6 Å². The molecule has 1 heterocycles. The maximum Gasteiger partial charge on any atom is 0.234 e. The van der Waals surface area contributed by atoms with Crippen LogP contribution in [0.5, 0.6) is 5.75 Å². The van der Waals surface area contributed by atoms with E-state index in [0.717, 1.165) is 37.4 Å². The number of amides is 1. The summed E-state index contributed by atoms with van der Waals surface area (Å²) in [7, 11) is 0. The van der Waals surface area contributed by atoms with Gasteiger partial charge in [0.15, 0.2) is 0 Å². The second kappa shape index (κ2) is 10.2. The van der Waals surface area contributed by atoms with E-state index in [4.69, 9.17) is 10.5 Å². The number of nitrogens with zero attached hydrogens (tertiary/aromatic N) is 1. The van der Waals surface area contributed by atoms with E-state index >= 15 is 0 Å². The van der Waals surface area contributed by atoms with Gasteiger partial charge in [0.25, 0.3) is 0 Å². The van der Waals surface area contributed by atoms with Crippen LogP contribution in [-0.2, 0) is 11.3 Å². The summed E-state index contributed by atoms with van der Waals surface area (Å²) in [6, 6.07) is 18.4.